The zero-order valence-electron chi connectivity index (χ0n) is 12.4. The molecule has 112 valence electrons. The van der Waals surface area contributed by atoms with Crippen LogP contribution in [0.4, 0.5) is 11.6 Å². The van der Waals surface area contributed by atoms with E-state index < -0.39 is 0 Å². The van der Waals surface area contributed by atoms with E-state index in [0.717, 1.165) is 37.6 Å². The molecule has 0 spiro atoms. The third-order valence-electron chi connectivity index (χ3n) is 3.45. The van der Waals surface area contributed by atoms with Crippen LogP contribution in [0.5, 0.6) is 0 Å². The Balaban J connectivity index is 1.89. The van der Waals surface area contributed by atoms with Crippen LogP contribution in [0, 0.1) is 0 Å². The minimum Gasteiger partial charge on any atom is -0.378 e. The fraction of sp³-hybridized carbons (Fsp3) is 0.714. The van der Waals surface area contributed by atoms with Crippen LogP contribution in [0.2, 0.25) is 0 Å². The van der Waals surface area contributed by atoms with E-state index in [1.54, 1.807) is 0 Å². The smallest absolute Gasteiger partial charge is 0.145 e. The number of hydrogen-bond donors (Lipinski definition) is 3. The Morgan fingerprint density at radius 2 is 2.15 bits per heavy atom. The SMILES string of the molecule is CC(C)c1nc(NN)cc(NCCC2CCCCO2)n1. The van der Waals surface area contributed by atoms with Gasteiger partial charge in [-0.05, 0) is 25.7 Å². The molecule has 4 N–H and O–H groups in total. The summed E-state index contributed by atoms with van der Waals surface area (Å²) in [4.78, 5) is 8.84. The van der Waals surface area contributed by atoms with E-state index in [0.29, 0.717) is 11.9 Å². The van der Waals surface area contributed by atoms with Gasteiger partial charge in [0.25, 0.3) is 0 Å². The second-order valence-corrected chi connectivity index (χ2v) is 5.50. The van der Waals surface area contributed by atoms with Crippen molar-refractivity contribution in [1.82, 2.24) is 9.97 Å². The van der Waals surface area contributed by atoms with Crippen LogP contribution in [0.1, 0.15) is 51.3 Å². The first-order valence-corrected chi connectivity index (χ1v) is 7.40. The van der Waals surface area contributed by atoms with Gasteiger partial charge in [0.05, 0.1) is 6.10 Å². The standard InChI is InChI=1S/C14H25N5O/c1-10(2)14-17-12(9-13(18-14)19-15)16-7-6-11-5-3-4-8-20-11/h9-11H,3-8,15H2,1-2H3,(H2,16,17,18,19). The maximum Gasteiger partial charge on any atom is 0.145 e. The molecule has 0 saturated carbocycles. The maximum atomic E-state index is 5.72. The van der Waals surface area contributed by atoms with Crippen molar-refractivity contribution in [2.45, 2.75) is 51.6 Å². The third-order valence-corrected chi connectivity index (χ3v) is 3.45. The van der Waals surface area contributed by atoms with Crippen LogP contribution in [0.3, 0.4) is 0 Å². The lowest BCUT2D eigenvalue weighted by atomic mass is 10.1. The Labute approximate surface area is 120 Å². The number of nitrogens with two attached hydrogens (primary N) is 1. The molecule has 20 heavy (non-hydrogen) atoms. The lowest BCUT2D eigenvalue weighted by molar-refractivity contribution is 0.0134. The summed E-state index contributed by atoms with van der Waals surface area (Å²) in [5.74, 6) is 7.95. The van der Waals surface area contributed by atoms with E-state index in [1.165, 1.54) is 12.8 Å². The summed E-state index contributed by atoms with van der Waals surface area (Å²) >= 11 is 0. The van der Waals surface area contributed by atoms with Gasteiger partial charge in [-0.1, -0.05) is 13.8 Å². The number of hydrazine groups is 1. The number of anilines is 2. The second-order valence-electron chi connectivity index (χ2n) is 5.50. The van der Waals surface area contributed by atoms with Crippen LogP contribution >= 0.6 is 0 Å². The normalized spacial score (nSPS) is 19.1. The number of nitrogens with one attached hydrogen (secondary N) is 2. The van der Waals surface area contributed by atoms with Crippen LogP contribution in [0.25, 0.3) is 0 Å². The molecule has 2 rings (SSSR count). The van der Waals surface area contributed by atoms with Crippen molar-refractivity contribution in [3.05, 3.63) is 11.9 Å². The Bertz CT molecular complexity index is 418. The largest absolute Gasteiger partial charge is 0.378 e. The Morgan fingerprint density at radius 1 is 1.35 bits per heavy atom. The van der Waals surface area contributed by atoms with E-state index in [-0.39, 0.29) is 5.92 Å². The fourth-order valence-electron chi connectivity index (χ4n) is 2.28. The fourth-order valence-corrected chi connectivity index (χ4v) is 2.28. The highest BCUT2D eigenvalue weighted by Crippen LogP contribution is 2.18. The quantitative estimate of drug-likeness (QED) is 0.547. The number of aromatic nitrogens is 2. The second kappa shape index (κ2) is 7.40. The van der Waals surface area contributed by atoms with E-state index in [9.17, 15) is 0 Å². The minimum atomic E-state index is 0.269. The van der Waals surface area contributed by atoms with Crippen LogP contribution in [-0.4, -0.2) is 29.2 Å². The number of nitrogens with zero attached hydrogens (tertiary/aromatic N) is 2. The highest BCUT2D eigenvalue weighted by atomic mass is 16.5. The van der Waals surface area contributed by atoms with Crippen molar-refractivity contribution >= 4 is 11.6 Å². The molecule has 0 aliphatic carbocycles. The van der Waals surface area contributed by atoms with Crippen molar-refractivity contribution < 1.29 is 4.74 Å². The summed E-state index contributed by atoms with van der Waals surface area (Å²) in [5, 5.41) is 3.34. The van der Waals surface area contributed by atoms with Gasteiger partial charge in [0.1, 0.15) is 17.5 Å². The maximum absolute atomic E-state index is 5.72. The van der Waals surface area contributed by atoms with Gasteiger partial charge >= 0.3 is 0 Å². The molecule has 0 bridgehead atoms. The number of ether oxygens (including phenoxy) is 1. The van der Waals surface area contributed by atoms with Crippen molar-refractivity contribution in [3.8, 4) is 0 Å². The average Bonchev–Trinajstić information content (AvgIpc) is 2.48. The molecule has 1 unspecified atom stereocenters. The lowest BCUT2D eigenvalue weighted by Gasteiger charge is -2.22. The first-order chi connectivity index (χ1) is 9.69. The number of nitrogen functional groups attached to an aromatic ring is 1. The molecule has 0 aromatic carbocycles. The molecule has 1 saturated heterocycles. The molecule has 6 nitrogen and oxygen atoms in total. The van der Waals surface area contributed by atoms with Crippen LogP contribution in [0.15, 0.2) is 6.07 Å². The zero-order chi connectivity index (χ0) is 14.4. The zero-order valence-corrected chi connectivity index (χ0v) is 12.4. The van der Waals surface area contributed by atoms with Crippen molar-refractivity contribution in [3.63, 3.8) is 0 Å². The molecule has 1 fully saturated rings. The van der Waals surface area contributed by atoms with Crippen molar-refractivity contribution in [1.29, 1.82) is 0 Å². The number of rotatable bonds is 6. The van der Waals surface area contributed by atoms with E-state index in [2.05, 4.69) is 34.6 Å². The Kier molecular flexibility index (Phi) is 5.55. The van der Waals surface area contributed by atoms with Gasteiger partial charge in [-0.25, -0.2) is 15.8 Å². The third kappa shape index (κ3) is 4.31. The lowest BCUT2D eigenvalue weighted by Crippen LogP contribution is -2.22. The molecule has 1 aliphatic rings. The summed E-state index contributed by atoms with van der Waals surface area (Å²) in [6.07, 6.45) is 5.02. The van der Waals surface area contributed by atoms with Gasteiger partial charge in [0.15, 0.2) is 0 Å². The first kappa shape index (κ1) is 15.0. The topological polar surface area (TPSA) is 85.1 Å². The highest BCUT2D eigenvalue weighted by molar-refractivity contribution is 5.47. The van der Waals surface area contributed by atoms with Gasteiger partial charge in [-0.2, -0.15) is 0 Å². The molecule has 1 aromatic heterocycles. The number of hydrogen-bond acceptors (Lipinski definition) is 6. The predicted molar refractivity (Wildman–Crippen MR) is 80.6 cm³/mol. The first-order valence-electron chi connectivity index (χ1n) is 7.40. The molecule has 1 aromatic rings. The molecule has 0 amide bonds. The van der Waals surface area contributed by atoms with E-state index in [4.69, 9.17) is 10.6 Å². The summed E-state index contributed by atoms with van der Waals surface area (Å²) in [5.41, 5.74) is 2.59. The van der Waals surface area contributed by atoms with Crippen molar-refractivity contribution in [2.24, 2.45) is 5.84 Å². The Morgan fingerprint density at radius 3 is 2.80 bits per heavy atom. The minimum absolute atomic E-state index is 0.269. The molecule has 1 atom stereocenters. The van der Waals surface area contributed by atoms with Gasteiger partial charge in [0.2, 0.25) is 0 Å². The van der Waals surface area contributed by atoms with E-state index >= 15 is 0 Å². The summed E-state index contributed by atoms with van der Waals surface area (Å²) in [6.45, 7) is 5.88. The monoisotopic (exact) mass is 279 g/mol. The van der Waals surface area contributed by atoms with Crippen LogP contribution < -0.4 is 16.6 Å². The predicted octanol–water partition coefficient (Wildman–Crippen LogP) is 2.26. The summed E-state index contributed by atoms with van der Waals surface area (Å²) in [6, 6.07) is 1.83. The summed E-state index contributed by atoms with van der Waals surface area (Å²) in [7, 11) is 0. The highest BCUT2D eigenvalue weighted by Gasteiger charge is 2.13. The van der Waals surface area contributed by atoms with E-state index in [1.807, 2.05) is 6.07 Å². The van der Waals surface area contributed by atoms with Gasteiger partial charge in [-0.3, -0.25) is 0 Å². The summed E-state index contributed by atoms with van der Waals surface area (Å²) < 4.78 is 5.72. The molecule has 2 heterocycles. The van der Waals surface area contributed by atoms with Gasteiger partial charge in [-0.15, -0.1) is 0 Å². The van der Waals surface area contributed by atoms with Gasteiger partial charge < -0.3 is 15.5 Å². The molecule has 6 heteroatoms. The van der Waals surface area contributed by atoms with Crippen LogP contribution in [-0.2, 0) is 4.74 Å². The molecular formula is C14H25N5O. The molecule has 0 radical (unpaired) electrons. The van der Waals surface area contributed by atoms with Gasteiger partial charge in [0, 0.05) is 25.1 Å². The molecule has 1 aliphatic heterocycles. The van der Waals surface area contributed by atoms with Crippen molar-refractivity contribution in [2.75, 3.05) is 23.9 Å². The molecular weight excluding hydrogens is 254 g/mol. The average molecular weight is 279 g/mol. The Hall–Kier alpha value is -1.40.